The maximum absolute atomic E-state index is 12.0. The summed E-state index contributed by atoms with van der Waals surface area (Å²) in [4.78, 5) is 24.0. The van der Waals surface area contributed by atoms with Crippen molar-refractivity contribution in [2.24, 2.45) is 5.73 Å². The number of nitrogens with one attached hydrogen (secondary N) is 1. The SMILES string of the molecule is CCCc1ccc([C@@H]([NH2+][C@@H](C)C(=O)NC(N)=O)c2cccs2)cc1. The van der Waals surface area contributed by atoms with Gasteiger partial charge < -0.3 is 11.1 Å². The second kappa shape index (κ2) is 8.61. The van der Waals surface area contributed by atoms with Gasteiger partial charge in [-0.05, 0) is 30.4 Å². The van der Waals surface area contributed by atoms with Crippen molar-refractivity contribution >= 4 is 23.3 Å². The van der Waals surface area contributed by atoms with Crippen LogP contribution in [0.4, 0.5) is 4.79 Å². The summed E-state index contributed by atoms with van der Waals surface area (Å²) in [7, 11) is 0. The van der Waals surface area contributed by atoms with Gasteiger partial charge in [0.2, 0.25) is 0 Å². The Kier molecular flexibility index (Phi) is 6.52. The number of nitrogens with two attached hydrogens (primary N) is 2. The molecule has 1 aromatic carbocycles. The Hall–Kier alpha value is -2.18. The number of carbonyl (C=O) groups is 2. The van der Waals surface area contributed by atoms with E-state index in [4.69, 9.17) is 5.73 Å². The fourth-order valence-electron chi connectivity index (χ4n) is 2.63. The highest BCUT2D eigenvalue weighted by molar-refractivity contribution is 7.10. The van der Waals surface area contributed by atoms with Crippen molar-refractivity contribution in [1.82, 2.24) is 5.32 Å². The molecule has 24 heavy (non-hydrogen) atoms. The van der Waals surface area contributed by atoms with Crippen molar-refractivity contribution in [3.8, 4) is 0 Å². The Morgan fingerprint density at radius 3 is 2.50 bits per heavy atom. The van der Waals surface area contributed by atoms with Crippen LogP contribution >= 0.6 is 11.3 Å². The summed E-state index contributed by atoms with van der Waals surface area (Å²) in [6.45, 7) is 3.93. The molecule has 1 heterocycles. The van der Waals surface area contributed by atoms with Crippen molar-refractivity contribution in [2.45, 2.75) is 38.8 Å². The van der Waals surface area contributed by atoms with Crippen LogP contribution in [0.15, 0.2) is 41.8 Å². The third-order valence-electron chi connectivity index (χ3n) is 3.87. The van der Waals surface area contributed by atoms with Crippen molar-refractivity contribution in [3.63, 3.8) is 0 Å². The molecule has 2 rings (SSSR count). The zero-order valence-corrected chi connectivity index (χ0v) is 14.8. The van der Waals surface area contributed by atoms with E-state index in [1.54, 1.807) is 18.3 Å². The van der Waals surface area contributed by atoms with E-state index in [1.807, 2.05) is 16.8 Å². The third kappa shape index (κ3) is 4.91. The van der Waals surface area contributed by atoms with Crippen LogP contribution < -0.4 is 16.4 Å². The summed E-state index contributed by atoms with van der Waals surface area (Å²) < 4.78 is 0. The molecule has 2 atom stereocenters. The molecule has 0 spiro atoms. The van der Waals surface area contributed by atoms with Crippen molar-refractivity contribution < 1.29 is 14.9 Å². The first-order valence-corrected chi connectivity index (χ1v) is 8.96. The molecule has 0 radical (unpaired) electrons. The first-order chi connectivity index (χ1) is 11.5. The van der Waals surface area contributed by atoms with Gasteiger partial charge in [0.05, 0.1) is 4.88 Å². The molecule has 5 N–H and O–H groups in total. The van der Waals surface area contributed by atoms with Crippen molar-refractivity contribution in [1.29, 1.82) is 0 Å². The predicted octanol–water partition coefficient (Wildman–Crippen LogP) is 1.94. The van der Waals surface area contributed by atoms with E-state index < -0.39 is 12.1 Å². The third-order valence-corrected chi connectivity index (χ3v) is 4.82. The van der Waals surface area contributed by atoms with Crippen LogP contribution in [0.5, 0.6) is 0 Å². The monoisotopic (exact) mass is 346 g/mol. The molecule has 0 unspecified atom stereocenters. The van der Waals surface area contributed by atoms with E-state index >= 15 is 0 Å². The van der Waals surface area contributed by atoms with Gasteiger partial charge in [0.1, 0.15) is 6.04 Å². The minimum atomic E-state index is -0.822. The molecule has 6 heteroatoms. The topological polar surface area (TPSA) is 88.8 Å². The van der Waals surface area contributed by atoms with E-state index in [0.717, 1.165) is 23.3 Å². The second-order valence-electron chi connectivity index (χ2n) is 5.82. The van der Waals surface area contributed by atoms with E-state index in [0.29, 0.717) is 0 Å². The first kappa shape index (κ1) is 18.2. The van der Waals surface area contributed by atoms with Crippen LogP contribution in [0.3, 0.4) is 0 Å². The predicted molar refractivity (Wildman–Crippen MR) is 95.7 cm³/mol. The van der Waals surface area contributed by atoms with Crippen LogP contribution in [0.25, 0.3) is 0 Å². The van der Waals surface area contributed by atoms with Gasteiger partial charge in [-0.15, -0.1) is 11.3 Å². The van der Waals surface area contributed by atoms with Crippen molar-refractivity contribution in [3.05, 3.63) is 57.8 Å². The maximum Gasteiger partial charge on any atom is 0.319 e. The van der Waals surface area contributed by atoms with Gasteiger partial charge >= 0.3 is 6.03 Å². The summed E-state index contributed by atoms with van der Waals surface area (Å²) in [5.74, 6) is -0.383. The van der Waals surface area contributed by atoms with Gasteiger partial charge in [-0.1, -0.05) is 43.7 Å². The van der Waals surface area contributed by atoms with Crippen LogP contribution in [0.2, 0.25) is 0 Å². The van der Waals surface area contributed by atoms with E-state index in [1.165, 1.54) is 5.56 Å². The molecular formula is C18H24N3O2S+. The first-order valence-electron chi connectivity index (χ1n) is 8.08. The molecule has 3 amide bonds. The summed E-state index contributed by atoms with van der Waals surface area (Å²) in [5.41, 5.74) is 7.48. The fraction of sp³-hybridized carbons (Fsp3) is 0.333. The number of hydrogen-bond donors (Lipinski definition) is 3. The molecule has 0 saturated carbocycles. The summed E-state index contributed by atoms with van der Waals surface area (Å²) in [6, 6.07) is 11.3. The highest BCUT2D eigenvalue weighted by atomic mass is 32.1. The molecule has 0 fully saturated rings. The molecule has 0 aliphatic carbocycles. The highest BCUT2D eigenvalue weighted by Crippen LogP contribution is 2.23. The molecule has 0 aliphatic heterocycles. The minimum absolute atomic E-state index is 0.00861. The maximum atomic E-state index is 12.0. The van der Waals surface area contributed by atoms with Gasteiger partial charge in [0.15, 0.2) is 6.04 Å². The van der Waals surface area contributed by atoms with Gasteiger partial charge in [-0.2, -0.15) is 0 Å². The van der Waals surface area contributed by atoms with E-state index in [2.05, 4.69) is 42.6 Å². The van der Waals surface area contributed by atoms with Crippen LogP contribution in [-0.2, 0) is 11.2 Å². The number of aryl methyl sites for hydroxylation is 1. The lowest BCUT2D eigenvalue weighted by molar-refractivity contribution is -0.704. The summed E-state index contributed by atoms with van der Waals surface area (Å²) in [6.07, 6.45) is 2.18. The molecule has 128 valence electrons. The molecular weight excluding hydrogens is 322 g/mol. The number of carbonyl (C=O) groups excluding carboxylic acids is 2. The zero-order valence-electron chi connectivity index (χ0n) is 14.0. The van der Waals surface area contributed by atoms with Gasteiger partial charge in [0, 0.05) is 5.56 Å². The largest absolute Gasteiger partial charge is 0.351 e. The van der Waals surface area contributed by atoms with Crippen LogP contribution in [0, 0.1) is 0 Å². The number of primary amides is 1. The Labute approximate surface area is 146 Å². The highest BCUT2D eigenvalue weighted by Gasteiger charge is 2.26. The van der Waals surface area contributed by atoms with Crippen LogP contribution in [-0.4, -0.2) is 18.0 Å². The average molecular weight is 346 g/mol. The minimum Gasteiger partial charge on any atom is -0.351 e. The smallest absolute Gasteiger partial charge is 0.319 e. The molecule has 0 aliphatic rings. The quantitative estimate of drug-likeness (QED) is 0.715. The second-order valence-corrected chi connectivity index (χ2v) is 6.80. The number of hydrogen-bond acceptors (Lipinski definition) is 3. The van der Waals surface area contributed by atoms with Gasteiger partial charge in [-0.25, -0.2) is 4.79 Å². The zero-order chi connectivity index (χ0) is 17.5. The number of rotatable bonds is 7. The Bertz CT molecular complexity index is 668. The molecule has 5 nitrogen and oxygen atoms in total. The standard InChI is InChI=1S/C18H23N3O2S/c1-3-5-13-7-9-14(10-8-13)16(15-6-4-11-24-15)20-12(2)17(22)21-18(19)23/h4,6-12,16,20H,3,5H2,1-2H3,(H3,19,21,22,23)/p+1/t12-,16+/m0/s1. The molecule has 0 saturated heterocycles. The normalized spacial score (nSPS) is 13.2. The number of amides is 3. The summed E-state index contributed by atoms with van der Waals surface area (Å²) in [5, 5.41) is 6.12. The Morgan fingerprint density at radius 1 is 1.25 bits per heavy atom. The molecule has 2 aromatic rings. The van der Waals surface area contributed by atoms with E-state index in [-0.39, 0.29) is 11.9 Å². The number of benzene rings is 1. The Balaban J connectivity index is 2.19. The van der Waals surface area contributed by atoms with Crippen molar-refractivity contribution in [2.75, 3.05) is 0 Å². The molecule has 0 bridgehead atoms. The number of imide groups is 1. The number of urea groups is 1. The van der Waals surface area contributed by atoms with Gasteiger partial charge in [-0.3, -0.25) is 10.1 Å². The fourth-order valence-corrected chi connectivity index (χ4v) is 3.46. The molecule has 1 aromatic heterocycles. The number of quaternary nitrogens is 1. The lowest BCUT2D eigenvalue weighted by Gasteiger charge is -2.19. The van der Waals surface area contributed by atoms with Gasteiger partial charge in [0.25, 0.3) is 5.91 Å². The van der Waals surface area contributed by atoms with E-state index in [9.17, 15) is 9.59 Å². The number of thiophene rings is 1. The van der Waals surface area contributed by atoms with Crippen LogP contribution in [0.1, 0.15) is 42.3 Å². The lowest BCUT2D eigenvalue weighted by Crippen LogP contribution is -2.92. The summed E-state index contributed by atoms with van der Waals surface area (Å²) >= 11 is 1.65. The average Bonchev–Trinajstić information content (AvgIpc) is 3.07. The Morgan fingerprint density at radius 2 is 1.96 bits per heavy atom. The lowest BCUT2D eigenvalue weighted by atomic mass is 10.0.